The summed E-state index contributed by atoms with van der Waals surface area (Å²) in [5, 5.41) is 6.12. The summed E-state index contributed by atoms with van der Waals surface area (Å²) < 4.78 is 0. The Kier molecular flexibility index (Phi) is 5.62. The molecule has 0 spiro atoms. The van der Waals surface area contributed by atoms with Crippen molar-refractivity contribution < 1.29 is 9.59 Å². The van der Waals surface area contributed by atoms with E-state index in [1.807, 2.05) is 11.9 Å². The summed E-state index contributed by atoms with van der Waals surface area (Å²) in [6.07, 6.45) is 8.10. The zero-order valence-electron chi connectivity index (χ0n) is 13.4. The average Bonchev–Trinajstić information content (AvgIpc) is 2.55. The zero-order chi connectivity index (χ0) is 15.3. The molecule has 2 rings (SSSR count). The quantitative estimate of drug-likeness (QED) is 0.821. The molecular weight excluding hydrogens is 266 g/mol. The Bertz CT molecular complexity index is 370. The first-order chi connectivity index (χ1) is 10.1. The highest BCUT2D eigenvalue weighted by atomic mass is 16.2. The molecule has 2 aliphatic rings. The molecule has 0 aromatic carbocycles. The van der Waals surface area contributed by atoms with Gasteiger partial charge in [0.05, 0.1) is 0 Å². The fourth-order valence-electron chi connectivity index (χ4n) is 3.74. The van der Waals surface area contributed by atoms with Gasteiger partial charge in [0, 0.05) is 38.0 Å². The molecule has 2 fully saturated rings. The highest BCUT2D eigenvalue weighted by Crippen LogP contribution is 2.31. The van der Waals surface area contributed by atoms with Crippen molar-refractivity contribution in [2.45, 2.75) is 56.9 Å². The molecule has 0 radical (unpaired) electrons. The number of nitrogens with one attached hydrogen (secondary N) is 2. The molecule has 1 aliphatic heterocycles. The Morgan fingerprint density at radius 1 is 1.10 bits per heavy atom. The fourth-order valence-corrected chi connectivity index (χ4v) is 3.74. The molecule has 0 aromatic heterocycles. The monoisotopic (exact) mass is 295 g/mol. The molecule has 5 nitrogen and oxygen atoms in total. The topological polar surface area (TPSA) is 61.4 Å². The summed E-state index contributed by atoms with van der Waals surface area (Å²) in [6.45, 7) is 1.44. The van der Waals surface area contributed by atoms with Crippen molar-refractivity contribution in [3.05, 3.63) is 0 Å². The number of nitrogens with zero attached hydrogens (tertiary/aromatic N) is 1. The Morgan fingerprint density at radius 3 is 2.24 bits per heavy atom. The van der Waals surface area contributed by atoms with Crippen LogP contribution in [0.3, 0.4) is 0 Å². The minimum absolute atomic E-state index is 0.00692. The van der Waals surface area contributed by atoms with Crippen molar-refractivity contribution in [1.82, 2.24) is 15.5 Å². The van der Waals surface area contributed by atoms with E-state index in [1.165, 1.54) is 19.3 Å². The maximum atomic E-state index is 12.6. The summed E-state index contributed by atoms with van der Waals surface area (Å²) in [5.41, 5.74) is 0.00692. The Hall–Kier alpha value is -1.10. The van der Waals surface area contributed by atoms with Gasteiger partial charge in [-0.3, -0.25) is 9.59 Å². The smallest absolute Gasteiger partial charge is 0.224 e. The van der Waals surface area contributed by atoms with Crippen LogP contribution in [-0.2, 0) is 9.59 Å². The lowest BCUT2D eigenvalue weighted by Crippen LogP contribution is -2.50. The maximum Gasteiger partial charge on any atom is 0.224 e. The second kappa shape index (κ2) is 7.25. The van der Waals surface area contributed by atoms with Gasteiger partial charge in [-0.05, 0) is 32.7 Å². The molecule has 1 aliphatic carbocycles. The van der Waals surface area contributed by atoms with E-state index in [4.69, 9.17) is 0 Å². The third-order valence-corrected chi connectivity index (χ3v) is 5.30. The normalized spacial score (nSPS) is 22.9. The van der Waals surface area contributed by atoms with E-state index in [2.05, 4.69) is 10.6 Å². The summed E-state index contributed by atoms with van der Waals surface area (Å²) in [5.74, 6) is 0.440. The number of hydrogen-bond acceptors (Lipinski definition) is 3. The van der Waals surface area contributed by atoms with E-state index in [0.29, 0.717) is 6.42 Å². The second-order valence-electron chi connectivity index (χ2n) is 6.54. The number of carbonyl (C=O) groups is 2. The van der Waals surface area contributed by atoms with E-state index in [0.717, 1.165) is 38.8 Å². The molecule has 5 heteroatoms. The van der Waals surface area contributed by atoms with Crippen LogP contribution in [0.4, 0.5) is 0 Å². The predicted octanol–water partition coefficient (Wildman–Crippen LogP) is 1.28. The van der Waals surface area contributed by atoms with E-state index in [9.17, 15) is 9.59 Å². The Labute approximate surface area is 127 Å². The van der Waals surface area contributed by atoms with Gasteiger partial charge in [0.15, 0.2) is 0 Å². The zero-order valence-corrected chi connectivity index (χ0v) is 13.4. The molecule has 2 amide bonds. The third-order valence-electron chi connectivity index (χ3n) is 5.30. The molecule has 0 atom stereocenters. The first-order valence-electron chi connectivity index (χ1n) is 8.28. The van der Waals surface area contributed by atoms with Gasteiger partial charge in [-0.15, -0.1) is 0 Å². The lowest BCUT2D eigenvalue weighted by Gasteiger charge is -2.39. The van der Waals surface area contributed by atoms with Crippen LogP contribution in [0.15, 0.2) is 0 Å². The second-order valence-corrected chi connectivity index (χ2v) is 6.54. The largest absolute Gasteiger partial charge is 0.359 e. The van der Waals surface area contributed by atoms with Crippen LogP contribution < -0.4 is 10.6 Å². The van der Waals surface area contributed by atoms with E-state index in [1.54, 1.807) is 7.05 Å². The van der Waals surface area contributed by atoms with Gasteiger partial charge in [-0.2, -0.15) is 0 Å². The number of piperidine rings is 1. The molecule has 1 heterocycles. The number of hydrogen-bond donors (Lipinski definition) is 2. The van der Waals surface area contributed by atoms with Gasteiger partial charge in [0.25, 0.3) is 0 Å². The fraction of sp³-hybridized carbons (Fsp3) is 0.875. The predicted molar refractivity (Wildman–Crippen MR) is 82.9 cm³/mol. The standard InChI is InChI=1S/C16H29N3O2/c1-17-15(21)13-6-10-19(11-7-13)14(20)12-16(18-2)8-4-3-5-9-16/h13,18H,3-12H2,1-2H3,(H,17,21). The van der Waals surface area contributed by atoms with Gasteiger partial charge >= 0.3 is 0 Å². The minimum atomic E-state index is 0.00692. The number of likely N-dealkylation sites (tertiary alicyclic amines) is 1. The molecule has 2 N–H and O–H groups in total. The molecule has 0 bridgehead atoms. The summed E-state index contributed by atoms with van der Waals surface area (Å²) in [4.78, 5) is 26.1. The van der Waals surface area contributed by atoms with Crippen LogP contribution in [0.5, 0.6) is 0 Å². The average molecular weight is 295 g/mol. The molecule has 1 saturated heterocycles. The van der Waals surface area contributed by atoms with E-state index < -0.39 is 0 Å². The molecule has 1 saturated carbocycles. The van der Waals surface area contributed by atoms with Crippen molar-refractivity contribution >= 4 is 11.8 Å². The highest BCUT2D eigenvalue weighted by molar-refractivity contribution is 5.80. The van der Waals surface area contributed by atoms with Crippen molar-refractivity contribution in [3.63, 3.8) is 0 Å². The Morgan fingerprint density at radius 2 is 1.71 bits per heavy atom. The third kappa shape index (κ3) is 3.96. The van der Waals surface area contributed by atoms with Crippen molar-refractivity contribution in [1.29, 1.82) is 0 Å². The first-order valence-corrected chi connectivity index (χ1v) is 8.28. The van der Waals surface area contributed by atoms with Crippen molar-refractivity contribution in [3.8, 4) is 0 Å². The first kappa shape index (κ1) is 16.3. The summed E-state index contributed by atoms with van der Waals surface area (Å²) in [7, 11) is 3.66. The number of rotatable bonds is 4. The van der Waals surface area contributed by atoms with Crippen LogP contribution in [-0.4, -0.2) is 49.4 Å². The van der Waals surface area contributed by atoms with Crippen LogP contribution >= 0.6 is 0 Å². The summed E-state index contributed by atoms with van der Waals surface area (Å²) in [6, 6.07) is 0. The van der Waals surface area contributed by atoms with E-state index >= 15 is 0 Å². The molecule has 0 unspecified atom stereocenters. The number of amides is 2. The maximum absolute atomic E-state index is 12.6. The molecule has 120 valence electrons. The van der Waals surface area contributed by atoms with Gasteiger partial charge in [0.1, 0.15) is 0 Å². The Balaban J connectivity index is 1.85. The van der Waals surface area contributed by atoms with E-state index in [-0.39, 0.29) is 23.3 Å². The molecule has 0 aromatic rings. The minimum Gasteiger partial charge on any atom is -0.359 e. The summed E-state index contributed by atoms with van der Waals surface area (Å²) >= 11 is 0. The van der Waals surface area contributed by atoms with Gasteiger partial charge in [-0.1, -0.05) is 19.3 Å². The van der Waals surface area contributed by atoms with Gasteiger partial charge < -0.3 is 15.5 Å². The number of carbonyl (C=O) groups excluding carboxylic acids is 2. The van der Waals surface area contributed by atoms with Crippen molar-refractivity contribution in [2.24, 2.45) is 5.92 Å². The SMILES string of the molecule is CNC(=O)C1CCN(C(=O)CC2(NC)CCCCC2)CC1. The van der Waals surface area contributed by atoms with Gasteiger partial charge in [0.2, 0.25) is 11.8 Å². The van der Waals surface area contributed by atoms with Crippen LogP contribution in [0, 0.1) is 5.92 Å². The molecule has 21 heavy (non-hydrogen) atoms. The van der Waals surface area contributed by atoms with Crippen molar-refractivity contribution in [2.75, 3.05) is 27.2 Å². The van der Waals surface area contributed by atoms with Crippen LogP contribution in [0.25, 0.3) is 0 Å². The van der Waals surface area contributed by atoms with Crippen LogP contribution in [0.1, 0.15) is 51.4 Å². The lowest BCUT2D eigenvalue weighted by atomic mass is 9.79. The van der Waals surface area contributed by atoms with Gasteiger partial charge in [-0.25, -0.2) is 0 Å². The molecular formula is C16H29N3O2. The highest BCUT2D eigenvalue weighted by Gasteiger charge is 2.35. The lowest BCUT2D eigenvalue weighted by molar-refractivity contribution is -0.137. The van der Waals surface area contributed by atoms with Crippen LogP contribution in [0.2, 0.25) is 0 Å².